The van der Waals surface area contributed by atoms with E-state index < -0.39 is 11.9 Å². The van der Waals surface area contributed by atoms with Gasteiger partial charge in [0, 0.05) is 4.47 Å². The van der Waals surface area contributed by atoms with E-state index in [0.29, 0.717) is 25.7 Å². The van der Waals surface area contributed by atoms with Crippen molar-refractivity contribution in [1.82, 2.24) is 0 Å². The summed E-state index contributed by atoms with van der Waals surface area (Å²) in [4.78, 5) is 22.3. The standard InChI is InChI=1S/C24H21BrO6/c25-20-13-16(2-1-14-5-9-21(26)18(11-14)23(28)29)4-8-17(20)7-3-15-6-10-22(27)19(12-15)24(30)31/h4-6,8-13,26-27H,1-3,7H2,(H,28,29)(H,30,31). The third kappa shape index (κ3) is 5.64. The Kier molecular flexibility index (Phi) is 6.97. The molecule has 3 aromatic carbocycles. The lowest BCUT2D eigenvalue weighted by Crippen LogP contribution is -2.00. The molecule has 0 unspecified atom stereocenters. The summed E-state index contributed by atoms with van der Waals surface area (Å²) in [5.41, 5.74) is 3.61. The summed E-state index contributed by atoms with van der Waals surface area (Å²) < 4.78 is 0.944. The third-order valence-corrected chi connectivity index (χ3v) is 5.82. The fourth-order valence-corrected chi connectivity index (χ4v) is 3.96. The van der Waals surface area contributed by atoms with E-state index in [0.717, 1.165) is 26.7 Å². The Morgan fingerprint density at radius 3 is 1.52 bits per heavy atom. The van der Waals surface area contributed by atoms with Crippen LogP contribution in [0.25, 0.3) is 0 Å². The zero-order chi connectivity index (χ0) is 22.5. The molecule has 0 aliphatic rings. The SMILES string of the molecule is O=C(O)c1cc(CCc2ccc(CCc3ccc(O)c(C(=O)O)c3)c(Br)c2)ccc1O. The summed E-state index contributed by atoms with van der Waals surface area (Å²) in [5.74, 6) is -2.80. The topological polar surface area (TPSA) is 115 Å². The van der Waals surface area contributed by atoms with E-state index in [-0.39, 0.29) is 22.6 Å². The Morgan fingerprint density at radius 1 is 0.645 bits per heavy atom. The zero-order valence-corrected chi connectivity index (χ0v) is 18.1. The van der Waals surface area contributed by atoms with E-state index >= 15 is 0 Å². The summed E-state index contributed by atoms with van der Waals surface area (Å²) in [6.45, 7) is 0. The van der Waals surface area contributed by atoms with Crippen molar-refractivity contribution in [1.29, 1.82) is 0 Å². The minimum atomic E-state index is -1.16. The Morgan fingerprint density at radius 2 is 1.06 bits per heavy atom. The summed E-state index contributed by atoms with van der Waals surface area (Å²) in [6, 6.07) is 15.3. The maximum atomic E-state index is 11.2. The quantitative estimate of drug-likeness (QED) is 0.364. The fourth-order valence-electron chi connectivity index (χ4n) is 3.34. The molecule has 0 bridgehead atoms. The number of carboxylic acid groups (broad SMARTS) is 2. The smallest absolute Gasteiger partial charge is 0.339 e. The predicted molar refractivity (Wildman–Crippen MR) is 119 cm³/mol. The van der Waals surface area contributed by atoms with Crippen LogP contribution < -0.4 is 0 Å². The number of rotatable bonds is 8. The molecule has 0 saturated heterocycles. The molecule has 0 fully saturated rings. The van der Waals surface area contributed by atoms with Crippen LogP contribution in [0.3, 0.4) is 0 Å². The average Bonchev–Trinajstić information content (AvgIpc) is 2.73. The molecule has 0 aliphatic heterocycles. The van der Waals surface area contributed by atoms with Crippen LogP contribution in [0.5, 0.6) is 11.5 Å². The van der Waals surface area contributed by atoms with Gasteiger partial charge < -0.3 is 20.4 Å². The largest absolute Gasteiger partial charge is 0.507 e. The molecular weight excluding hydrogens is 464 g/mol. The van der Waals surface area contributed by atoms with E-state index in [1.54, 1.807) is 12.1 Å². The molecule has 0 saturated carbocycles. The Hall–Kier alpha value is -3.32. The highest BCUT2D eigenvalue weighted by Gasteiger charge is 2.12. The molecule has 6 nitrogen and oxygen atoms in total. The second kappa shape index (κ2) is 9.66. The van der Waals surface area contributed by atoms with Gasteiger partial charge >= 0.3 is 11.9 Å². The first kappa shape index (κ1) is 22.4. The van der Waals surface area contributed by atoms with E-state index in [1.165, 1.54) is 24.3 Å². The van der Waals surface area contributed by atoms with Crippen molar-refractivity contribution in [2.75, 3.05) is 0 Å². The van der Waals surface area contributed by atoms with E-state index in [1.807, 2.05) is 18.2 Å². The summed E-state index contributed by atoms with van der Waals surface area (Å²) in [5, 5.41) is 37.5. The van der Waals surface area contributed by atoms with Gasteiger partial charge in [0.25, 0.3) is 0 Å². The highest BCUT2D eigenvalue weighted by molar-refractivity contribution is 9.10. The van der Waals surface area contributed by atoms with Gasteiger partial charge in [-0.05, 0) is 78.3 Å². The number of benzene rings is 3. The van der Waals surface area contributed by atoms with Crippen LogP contribution in [-0.2, 0) is 25.7 Å². The van der Waals surface area contributed by atoms with E-state index in [9.17, 15) is 19.8 Å². The molecule has 31 heavy (non-hydrogen) atoms. The Balaban J connectivity index is 1.64. The van der Waals surface area contributed by atoms with Crippen molar-refractivity contribution < 1.29 is 30.0 Å². The van der Waals surface area contributed by atoms with Crippen LogP contribution in [0, 0.1) is 0 Å². The number of halogens is 1. The number of carboxylic acids is 2. The number of carbonyl (C=O) groups is 2. The summed E-state index contributed by atoms with van der Waals surface area (Å²) >= 11 is 3.59. The number of aromatic hydroxyl groups is 2. The minimum Gasteiger partial charge on any atom is -0.507 e. The molecular formula is C24H21BrO6. The lowest BCUT2D eigenvalue weighted by Gasteiger charge is -2.10. The molecule has 0 atom stereocenters. The lowest BCUT2D eigenvalue weighted by molar-refractivity contribution is 0.0682. The first-order chi connectivity index (χ1) is 14.7. The third-order valence-electron chi connectivity index (χ3n) is 5.09. The van der Waals surface area contributed by atoms with Gasteiger partial charge in [-0.1, -0.05) is 40.2 Å². The zero-order valence-electron chi connectivity index (χ0n) is 16.5. The first-order valence-electron chi connectivity index (χ1n) is 9.62. The maximum absolute atomic E-state index is 11.2. The van der Waals surface area contributed by atoms with Crippen LogP contribution in [0.1, 0.15) is 43.0 Å². The summed E-state index contributed by atoms with van der Waals surface area (Å²) in [6.07, 6.45) is 2.68. The number of phenols is 2. The van der Waals surface area contributed by atoms with Gasteiger partial charge in [0.2, 0.25) is 0 Å². The van der Waals surface area contributed by atoms with Crippen molar-refractivity contribution in [3.05, 3.63) is 92.5 Å². The summed E-state index contributed by atoms with van der Waals surface area (Å²) in [7, 11) is 0. The molecule has 7 heteroatoms. The monoisotopic (exact) mass is 484 g/mol. The van der Waals surface area contributed by atoms with Gasteiger partial charge in [0.15, 0.2) is 0 Å². The number of hydrogen-bond acceptors (Lipinski definition) is 4. The first-order valence-corrected chi connectivity index (χ1v) is 10.4. The fraction of sp³-hybridized carbons (Fsp3) is 0.167. The second-order valence-electron chi connectivity index (χ2n) is 7.24. The highest BCUT2D eigenvalue weighted by Crippen LogP contribution is 2.24. The van der Waals surface area contributed by atoms with Gasteiger partial charge in [-0.25, -0.2) is 9.59 Å². The molecule has 0 amide bonds. The minimum absolute atomic E-state index is 0.102. The lowest BCUT2D eigenvalue weighted by atomic mass is 9.99. The van der Waals surface area contributed by atoms with Crippen molar-refractivity contribution >= 4 is 27.9 Å². The normalized spacial score (nSPS) is 10.7. The van der Waals surface area contributed by atoms with Crippen LogP contribution in [0.15, 0.2) is 59.1 Å². The highest BCUT2D eigenvalue weighted by atomic mass is 79.9. The number of aryl methyl sites for hydroxylation is 4. The van der Waals surface area contributed by atoms with E-state index in [4.69, 9.17) is 10.2 Å². The molecule has 3 aromatic rings. The van der Waals surface area contributed by atoms with Crippen molar-refractivity contribution in [2.24, 2.45) is 0 Å². The molecule has 0 aromatic heterocycles. The van der Waals surface area contributed by atoms with Gasteiger partial charge in [-0.15, -0.1) is 0 Å². The molecule has 0 aliphatic carbocycles. The second-order valence-corrected chi connectivity index (χ2v) is 8.09. The Labute approximate surface area is 187 Å². The molecule has 0 spiro atoms. The van der Waals surface area contributed by atoms with Gasteiger partial charge in [-0.2, -0.15) is 0 Å². The van der Waals surface area contributed by atoms with Crippen LogP contribution >= 0.6 is 15.9 Å². The molecule has 0 heterocycles. The van der Waals surface area contributed by atoms with Crippen molar-refractivity contribution in [3.8, 4) is 11.5 Å². The van der Waals surface area contributed by atoms with Gasteiger partial charge in [0.05, 0.1) is 0 Å². The van der Waals surface area contributed by atoms with E-state index in [2.05, 4.69) is 15.9 Å². The van der Waals surface area contributed by atoms with Crippen LogP contribution in [-0.4, -0.2) is 32.4 Å². The molecule has 3 rings (SSSR count). The van der Waals surface area contributed by atoms with Crippen molar-refractivity contribution in [3.63, 3.8) is 0 Å². The molecule has 4 N–H and O–H groups in total. The van der Waals surface area contributed by atoms with Crippen molar-refractivity contribution in [2.45, 2.75) is 25.7 Å². The predicted octanol–water partition coefficient (Wildman–Crippen LogP) is 4.83. The average molecular weight is 485 g/mol. The number of aromatic carboxylic acids is 2. The molecule has 160 valence electrons. The maximum Gasteiger partial charge on any atom is 0.339 e. The van der Waals surface area contributed by atoms with Crippen LogP contribution in [0.2, 0.25) is 0 Å². The number of hydrogen-bond donors (Lipinski definition) is 4. The van der Waals surface area contributed by atoms with Gasteiger partial charge in [-0.3, -0.25) is 0 Å². The molecule has 0 radical (unpaired) electrons. The van der Waals surface area contributed by atoms with Crippen LogP contribution in [0.4, 0.5) is 0 Å². The van der Waals surface area contributed by atoms with Gasteiger partial charge in [0.1, 0.15) is 22.6 Å². The Bertz CT molecular complexity index is 1140.